The van der Waals surface area contributed by atoms with Gasteiger partial charge in [-0.25, -0.2) is 14.2 Å². The van der Waals surface area contributed by atoms with E-state index in [2.05, 4.69) is 10.3 Å². The molecule has 0 fully saturated rings. The highest BCUT2D eigenvalue weighted by Gasteiger charge is 2.18. The molecule has 3 aromatic rings. The third-order valence-electron chi connectivity index (χ3n) is 6.02. The number of carbonyl (C=O) groups is 2. The van der Waals surface area contributed by atoms with Gasteiger partial charge in [0, 0.05) is 35.3 Å². The number of hydrogen-bond donors (Lipinski definition) is 2. The lowest BCUT2D eigenvalue weighted by atomic mass is 10.0. The van der Waals surface area contributed by atoms with Crippen LogP contribution in [0.25, 0.3) is 17.3 Å². The van der Waals surface area contributed by atoms with Gasteiger partial charge in [0.1, 0.15) is 5.82 Å². The van der Waals surface area contributed by atoms with E-state index in [1.807, 2.05) is 13.8 Å². The van der Waals surface area contributed by atoms with Crippen molar-refractivity contribution in [2.75, 3.05) is 32.2 Å². The summed E-state index contributed by atoms with van der Waals surface area (Å²) in [5.41, 5.74) is 1.60. The van der Waals surface area contributed by atoms with Gasteiger partial charge in [-0.15, -0.1) is 11.3 Å². The minimum atomic E-state index is -1.30. The van der Waals surface area contributed by atoms with Crippen LogP contribution in [0.5, 0.6) is 0 Å². The van der Waals surface area contributed by atoms with Crippen molar-refractivity contribution in [1.82, 2.24) is 4.98 Å². The van der Waals surface area contributed by atoms with E-state index >= 15 is 4.39 Å². The molecule has 0 saturated heterocycles. The summed E-state index contributed by atoms with van der Waals surface area (Å²) in [4.78, 5) is 28.5. The summed E-state index contributed by atoms with van der Waals surface area (Å²) in [6, 6.07) is 7.85. The van der Waals surface area contributed by atoms with Crippen LogP contribution >= 0.6 is 34.5 Å². The molecule has 1 heterocycles. The zero-order chi connectivity index (χ0) is 29.9. The van der Waals surface area contributed by atoms with E-state index in [0.717, 1.165) is 17.8 Å². The number of aryl methyl sites for hydroxylation is 1. The van der Waals surface area contributed by atoms with E-state index in [0.29, 0.717) is 49.5 Å². The number of benzene rings is 2. The van der Waals surface area contributed by atoms with E-state index in [4.69, 9.17) is 42.5 Å². The number of carboxylic acids is 1. The molecule has 1 amide bonds. The largest absolute Gasteiger partial charge is 0.490 e. The average Bonchev–Trinajstić information content (AvgIpc) is 3.40. The van der Waals surface area contributed by atoms with Crippen molar-refractivity contribution in [3.05, 3.63) is 74.0 Å². The molecule has 0 radical (unpaired) electrons. The van der Waals surface area contributed by atoms with Crippen molar-refractivity contribution in [2.24, 2.45) is 0 Å². The van der Waals surface area contributed by atoms with Gasteiger partial charge in [-0.1, -0.05) is 42.3 Å². The third kappa shape index (κ3) is 8.98. The van der Waals surface area contributed by atoms with Gasteiger partial charge in [-0.05, 0) is 56.0 Å². The van der Waals surface area contributed by atoms with Crippen molar-refractivity contribution in [3.63, 3.8) is 0 Å². The SMILES string of the molecule is CCOC(CC)COCCCc1cccc(-c2csc(NC(=O)c3cc(Cl)c(C=C(OC)C(=O)O)c(Cl)c3)n2)c1F. The number of rotatable bonds is 15. The molecule has 12 heteroatoms. The van der Waals surface area contributed by atoms with Crippen molar-refractivity contribution >= 4 is 57.6 Å². The van der Waals surface area contributed by atoms with Gasteiger partial charge < -0.3 is 19.3 Å². The molecule has 1 aromatic heterocycles. The molecule has 0 bridgehead atoms. The Labute approximate surface area is 252 Å². The summed E-state index contributed by atoms with van der Waals surface area (Å²) in [5, 5.41) is 13.9. The highest BCUT2D eigenvalue weighted by molar-refractivity contribution is 7.14. The molecule has 220 valence electrons. The predicted molar refractivity (Wildman–Crippen MR) is 159 cm³/mol. The van der Waals surface area contributed by atoms with Gasteiger partial charge >= 0.3 is 5.97 Å². The smallest absolute Gasteiger partial charge is 0.371 e. The van der Waals surface area contributed by atoms with Gasteiger partial charge in [-0.3, -0.25) is 10.1 Å². The molecular formula is C29H31Cl2FN2O6S. The Morgan fingerprint density at radius 3 is 2.59 bits per heavy atom. The molecule has 8 nitrogen and oxygen atoms in total. The van der Waals surface area contributed by atoms with Crippen LogP contribution in [0, 0.1) is 5.82 Å². The first-order valence-electron chi connectivity index (χ1n) is 12.9. The molecule has 0 aliphatic carbocycles. The van der Waals surface area contributed by atoms with Crippen molar-refractivity contribution < 1.29 is 33.3 Å². The Bertz CT molecular complexity index is 1370. The maximum Gasteiger partial charge on any atom is 0.371 e. The molecule has 3 rings (SSSR count). The first-order valence-corrected chi connectivity index (χ1v) is 14.5. The standard InChI is InChI=1S/C29H31Cl2FN2O6S/c1-4-19(40-5-2)15-39-11-7-9-17-8-6-10-20(26(17)32)24-16-41-29(33-24)34-27(35)18-12-22(30)21(23(31)13-18)14-25(38-3)28(36)37/h6,8,10,12-14,16,19H,4-5,7,9,11,15H2,1-3H3,(H,36,37)(H,33,34,35). The summed E-state index contributed by atoms with van der Waals surface area (Å²) >= 11 is 13.7. The van der Waals surface area contributed by atoms with Gasteiger partial charge in [0.25, 0.3) is 5.91 Å². The Balaban J connectivity index is 1.66. The fourth-order valence-corrected chi connectivity index (χ4v) is 5.19. The number of nitrogens with one attached hydrogen (secondary N) is 1. The highest BCUT2D eigenvalue weighted by atomic mass is 35.5. The highest BCUT2D eigenvalue weighted by Crippen LogP contribution is 2.31. The number of nitrogens with zero attached hydrogens (tertiary/aromatic N) is 1. The molecule has 2 aromatic carbocycles. The van der Waals surface area contributed by atoms with Crippen LogP contribution in [0.4, 0.5) is 9.52 Å². The molecule has 1 atom stereocenters. The number of carboxylic acid groups (broad SMARTS) is 1. The maximum atomic E-state index is 15.3. The van der Waals surface area contributed by atoms with Gasteiger partial charge in [0.15, 0.2) is 5.13 Å². The van der Waals surface area contributed by atoms with E-state index in [-0.39, 0.29) is 44.0 Å². The Kier molecular flexibility index (Phi) is 12.6. The van der Waals surface area contributed by atoms with Crippen molar-refractivity contribution in [3.8, 4) is 11.3 Å². The summed E-state index contributed by atoms with van der Waals surface area (Å²) in [7, 11) is 1.21. The van der Waals surface area contributed by atoms with Gasteiger partial charge in [0.2, 0.25) is 5.76 Å². The molecule has 1 unspecified atom stereocenters. The summed E-state index contributed by atoms with van der Waals surface area (Å²) in [6.45, 7) is 5.65. The van der Waals surface area contributed by atoms with Crippen LogP contribution < -0.4 is 5.32 Å². The third-order valence-corrected chi connectivity index (χ3v) is 7.41. The quantitative estimate of drug-likeness (QED) is 0.103. The molecular weight excluding hydrogens is 594 g/mol. The number of aromatic nitrogens is 1. The molecule has 0 spiro atoms. The lowest BCUT2D eigenvalue weighted by Crippen LogP contribution is -2.19. The van der Waals surface area contributed by atoms with Crippen molar-refractivity contribution in [2.45, 2.75) is 39.2 Å². The van der Waals surface area contributed by atoms with E-state index in [9.17, 15) is 9.59 Å². The van der Waals surface area contributed by atoms with Crippen LogP contribution in [0.3, 0.4) is 0 Å². The molecule has 0 aliphatic heterocycles. The summed E-state index contributed by atoms with van der Waals surface area (Å²) in [5.74, 6) is -2.57. The lowest BCUT2D eigenvalue weighted by Gasteiger charge is -2.15. The van der Waals surface area contributed by atoms with E-state index in [1.165, 1.54) is 25.3 Å². The number of halogens is 3. The maximum absolute atomic E-state index is 15.3. The van der Waals surface area contributed by atoms with Gasteiger partial charge in [0.05, 0.1) is 35.6 Å². The summed E-state index contributed by atoms with van der Waals surface area (Å²) in [6.07, 6.45) is 3.27. The van der Waals surface area contributed by atoms with Gasteiger partial charge in [-0.2, -0.15) is 0 Å². The number of anilines is 1. The molecule has 41 heavy (non-hydrogen) atoms. The Morgan fingerprint density at radius 2 is 1.95 bits per heavy atom. The fraction of sp³-hybridized carbons (Fsp3) is 0.345. The van der Waals surface area contributed by atoms with Crippen LogP contribution in [-0.4, -0.2) is 55.0 Å². The minimum Gasteiger partial charge on any atom is -0.490 e. The zero-order valence-corrected chi connectivity index (χ0v) is 25.2. The fourth-order valence-electron chi connectivity index (χ4n) is 3.89. The number of carbonyl (C=O) groups excluding carboxylic acids is 1. The second-order valence-electron chi connectivity index (χ2n) is 8.81. The number of ether oxygens (including phenoxy) is 3. The Morgan fingerprint density at radius 1 is 1.22 bits per heavy atom. The normalized spacial score (nSPS) is 12.3. The topological polar surface area (TPSA) is 107 Å². The van der Waals surface area contributed by atoms with Crippen LogP contribution in [-0.2, 0) is 25.4 Å². The van der Waals surface area contributed by atoms with E-state index in [1.54, 1.807) is 23.6 Å². The molecule has 0 aliphatic rings. The van der Waals surface area contributed by atoms with E-state index < -0.39 is 11.9 Å². The first kappa shape index (κ1) is 32.5. The predicted octanol–water partition coefficient (Wildman–Crippen LogP) is 7.34. The Hall–Kier alpha value is -3.02. The molecule has 0 saturated carbocycles. The monoisotopic (exact) mass is 624 g/mol. The second kappa shape index (κ2) is 15.8. The summed E-state index contributed by atoms with van der Waals surface area (Å²) < 4.78 is 31.4. The first-order chi connectivity index (χ1) is 19.7. The number of methoxy groups -OCH3 is 1. The van der Waals surface area contributed by atoms with Crippen molar-refractivity contribution in [1.29, 1.82) is 0 Å². The average molecular weight is 626 g/mol. The minimum absolute atomic E-state index is 0.0574. The second-order valence-corrected chi connectivity index (χ2v) is 10.5. The lowest BCUT2D eigenvalue weighted by molar-refractivity contribution is -0.135. The molecule has 2 N–H and O–H groups in total. The van der Waals surface area contributed by atoms with Crippen LogP contribution in [0.1, 0.15) is 48.2 Å². The van der Waals surface area contributed by atoms with Crippen LogP contribution in [0.15, 0.2) is 41.5 Å². The number of aliphatic carboxylic acids is 1. The van der Waals surface area contributed by atoms with Crippen LogP contribution in [0.2, 0.25) is 10.0 Å². The number of thiazole rings is 1. The number of amides is 1. The zero-order valence-electron chi connectivity index (χ0n) is 22.8. The number of hydrogen-bond acceptors (Lipinski definition) is 7.